The third kappa shape index (κ3) is 5.30. The molecule has 0 bridgehead atoms. The van der Waals surface area contributed by atoms with Gasteiger partial charge in [0.2, 0.25) is 0 Å². The quantitative estimate of drug-likeness (QED) is 0.389. The van der Waals surface area contributed by atoms with E-state index in [1.165, 1.54) is 18.2 Å². The minimum Gasteiger partial charge on any atom is -0.338 e. The Labute approximate surface area is 203 Å². The van der Waals surface area contributed by atoms with Crippen molar-refractivity contribution < 1.29 is 13.2 Å². The summed E-state index contributed by atoms with van der Waals surface area (Å²) >= 11 is 6.03. The number of benzene rings is 3. The molecular weight excluding hydrogens is 472 g/mol. The number of nitrogens with zero attached hydrogens (tertiary/aromatic N) is 2. The predicted molar refractivity (Wildman–Crippen MR) is 132 cm³/mol. The lowest BCUT2D eigenvalue weighted by Crippen LogP contribution is -2.31. The highest BCUT2D eigenvalue weighted by atomic mass is 35.5. The molecule has 1 heterocycles. The Kier molecular flexibility index (Phi) is 6.72. The Morgan fingerprint density at radius 3 is 2.38 bits per heavy atom. The summed E-state index contributed by atoms with van der Waals surface area (Å²) in [6, 6.07) is 19.5. The molecule has 174 valence electrons. The van der Waals surface area contributed by atoms with Gasteiger partial charge in [-0.1, -0.05) is 47.5 Å². The van der Waals surface area contributed by atoms with Crippen molar-refractivity contribution in [1.29, 1.82) is 0 Å². The zero-order chi connectivity index (χ0) is 24.3. The molecule has 0 aliphatic heterocycles. The maximum Gasteiger partial charge on any atom is 0.261 e. The molecule has 4 rings (SSSR count). The average Bonchev–Trinajstić information content (AvgIpc) is 3.25. The van der Waals surface area contributed by atoms with Gasteiger partial charge in [-0.15, -0.1) is 0 Å². The van der Waals surface area contributed by atoms with Crippen molar-refractivity contribution in [3.05, 3.63) is 113 Å². The number of aromatic nitrogens is 2. The van der Waals surface area contributed by atoms with Gasteiger partial charge in [0, 0.05) is 35.7 Å². The molecule has 4 aromatic rings. The number of rotatable bonds is 7. The molecule has 0 aliphatic rings. The third-order valence-electron chi connectivity index (χ3n) is 5.31. The number of hydrogen-bond acceptors (Lipinski definition) is 4. The Morgan fingerprint density at radius 1 is 1.03 bits per heavy atom. The number of nitrogens with one attached hydrogen (secondary N) is 2. The molecule has 34 heavy (non-hydrogen) atoms. The minimum atomic E-state index is -3.88. The smallest absolute Gasteiger partial charge is 0.261 e. The summed E-state index contributed by atoms with van der Waals surface area (Å²) in [5.41, 5.74) is 2.46. The molecule has 3 aromatic carbocycles. The zero-order valence-corrected chi connectivity index (χ0v) is 20.1. The summed E-state index contributed by atoms with van der Waals surface area (Å²) in [5.74, 6) is 0.191. The van der Waals surface area contributed by atoms with Crippen LogP contribution in [0.3, 0.4) is 0 Å². The number of sulfonamides is 1. The van der Waals surface area contributed by atoms with Gasteiger partial charge < -0.3 is 9.88 Å². The van der Waals surface area contributed by atoms with E-state index in [2.05, 4.69) is 15.0 Å². The molecular formula is C25H23ClN4O3S. The molecule has 0 fully saturated rings. The highest BCUT2D eigenvalue weighted by Gasteiger charge is 2.23. The summed E-state index contributed by atoms with van der Waals surface area (Å²) in [5, 5.41) is 3.54. The molecule has 0 radical (unpaired) electrons. The summed E-state index contributed by atoms with van der Waals surface area (Å²) < 4.78 is 30.2. The van der Waals surface area contributed by atoms with Crippen LogP contribution in [0.15, 0.2) is 90.1 Å². The highest BCUT2D eigenvalue weighted by molar-refractivity contribution is 7.92. The van der Waals surface area contributed by atoms with Gasteiger partial charge in [-0.3, -0.25) is 9.52 Å². The van der Waals surface area contributed by atoms with Crippen LogP contribution in [0, 0.1) is 6.92 Å². The van der Waals surface area contributed by atoms with Crippen molar-refractivity contribution in [2.45, 2.75) is 17.9 Å². The monoisotopic (exact) mass is 494 g/mol. The first-order valence-corrected chi connectivity index (χ1v) is 12.3. The average molecular weight is 495 g/mol. The van der Waals surface area contributed by atoms with Crippen LogP contribution in [-0.2, 0) is 17.1 Å². The fourth-order valence-corrected chi connectivity index (χ4v) is 4.69. The van der Waals surface area contributed by atoms with Crippen molar-refractivity contribution in [2.24, 2.45) is 7.05 Å². The van der Waals surface area contributed by atoms with Gasteiger partial charge in [0.15, 0.2) is 0 Å². The number of amides is 1. The van der Waals surface area contributed by atoms with E-state index in [0.29, 0.717) is 16.5 Å². The lowest BCUT2D eigenvalue weighted by atomic mass is 10.1. The van der Waals surface area contributed by atoms with E-state index in [-0.39, 0.29) is 10.5 Å². The normalized spacial score (nSPS) is 12.2. The van der Waals surface area contributed by atoms with Crippen molar-refractivity contribution >= 4 is 33.2 Å². The maximum atomic E-state index is 13.2. The van der Waals surface area contributed by atoms with E-state index >= 15 is 0 Å². The van der Waals surface area contributed by atoms with Crippen LogP contribution in [0.25, 0.3) is 0 Å². The van der Waals surface area contributed by atoms with Crippen LogP contribution in [0.1, 0.15) is 33.4 Å². The van der Waals surface area contributed by atoms with Crippen LogP contribution < -0.4 is 10.0 Å². The number of aryl methyl sites for hydroxylation is 2. The van der Waals surface area contributed by atoms with Crippen LogP contribution in [0.5, 0.6) is 0 Å². The molecule has 9 heteroatoms. The zero-order valence-electron chi connectivity index (χ0n) is 18.6. The van der Waals surface area contributed by atoms with Gasteiger partial charge in [-0.05, 0) is 55.0 Å². The van der Waals surface area contributed by atoms with Crippen molar-refractivity contribution in [3.63, 3.8) is 0 Å². The molecule has 0 spiro atoms. The largest absolute Gasteiger partial charge is 0.338 e. The fraction of sp³-hybridized carbons (Fsp3) is 0.120. The van der Waals surface area contributed by atoms with Gasteiger partial charge in [-0.25, -0.2) is 13.4 Å². The molecule has 0 saturated carbocycles. The van der Waals surface area contributed by atoms with E-state index in [0.717, 1.165) is 11.1 Å². The predicted octanol–water partition coefficient (Wildman–Crippen LogP) is 4.70. The standard InChI is InChI=1S/C25H23ClN4O3S/c1-17-6-12-21(13-7-17)29-34(32,33)22-5-3-4-19(16-22)25(31)28-23(24-27-14-15-30(24)2)18-8-10-20(26)11-9-18/h3-16,23,29H,1-2H3,(H,28,31)/t23-/m1/s1. The summed E-state index contributed by atoms with van der Waals surface area (Å²) in [7, 11) is -2.04. The first-order valence-electron chi connectivity index (χ1n) is 10.5. The first kappa shape index (κ1) is 23.5. The van der Waals surface area contributed by atoms with Crippen molar-refractivity contribution in [1.82, 2.24) is 14.9 Å². The second kappa shape index (κ2) is 9.70. The van der Waals surface area contributed by atoms with Crippen molar-refractivity contribution in [3.8, 4) is 0 Å². The molecule has 0 unspecified atom stereocenters. The van der Waals surface area contributed by atoms with Gasteiger partial charge in [0.1, 0.15) is 11.9 Å². The Balaban J connectivity index is 1.61. The third-order valence-corrected chi connectivity index (χ3v) is 6.94. The number of anilines is 1. The maximum absolute atomic E-state index is 13.2. The fourth-order valence-electron chi connectivity index (χ4n) is 3.46. The summed E-state index contributed by atoms with van der Waals surface area (Å²) in [6.07, 6.45) is 3.43. The lowest BCUT2D eigenvalue weighted by Gasteiger charge is -2.19. The number of carbonyl (C=O) groups is 1. The molecule has 1 amide bonds. The van der Waals surface area contributed by atoms with Crippen molar-refractivity contribution in [2.75, 3.05) is 4.72 Å². The SMILES string of the molecule is Cc1ccc(NS(=O)(=O)c2cccc(C(=O)N[C@H](c3ccc(Cl)cc3)c3nccn3C)c2)cc1. The van der Waals surface area contributed by atoms with E-state index in [1.807, 2.05) is 42.8 Å². The molecule has 0 aliphatic carbocycles. The molecule has 7 nitrogen and oxygen atoms in total. The lowest BCUT2D eigenvalue weighted by molar-refractivity contribution is 0.0941. The Bertz CT molecular complexity index is 1420. The Morgan fingerprint density at radius 2 is 1.74 bits per heavy atom. The molecule has 2 N–H and O–H groups in total. The van der Waals surface area contributed by atoms with E-state index in [4.69, 9.17) is 11.6 Å². The van der Waals surface area contributed by atoms with Crippen LogP contribution >= 0.6 is 11.6 Å². The number of imidazole rings is 1. The number of carbonyl (C=O) groups excluding carboxylic acids is 1. The van der Waals surface area contributed by atoms with E-state index in [1.54, 1.807) is 42.7 Å². The first-order chi connectivity index (χ1) is 16.2. The van der Waals surface area contributed by atoms with Gasteiger partial charge >= 0.3 is 0 Å². The Hall–Kier alpha value is -3.62. The topological polar surface area (TPSA) is 93.1 Å². The van der Waals surface area contributed by atoms with Gasteiger partial charge in [-0.2, -0.15) is 0 Å². The summed E-state index contributed by atoms with van der Waals surface area (Å²) in [6.45, 7) is 1.92. The molecule has 1 aromatic heterocycles. The molecule has 1 atom stereocenters. The van der Waals surface area contributed by atoms with Crippen LogP contribution in [0.2, 0.25) is 5.02 Å². The second-order valence-corrected chi connectivity index (χ2v) is 9.97. The number of hydrogen-bond donors (Lipinski definition) is 2. The van der Waals surface area contributed by atoms with Crippen LogP contribution in [-0.4, -0.2) is 23.9 Å². The summed E-state index contributed by atoms with van der Waals surface area (Å²) in [4.78, 5) is 17.6. The number of halogens is 1. The van der Waals surface area contributed by atoms with Gasteiger partial charge in [0.05, 0.1) is 4.90 Å². The van der Waals surface area contributed by atoms with Gasteiger partial charge in [0.25, 0.3) is 15.9 Å². The minimum absolute atomic E-state index is 0.0132. The van der Waals surface area contributed by atoms with Crippen LogP contribution in [0.4, 0.5) is 5.69 Å². The molecule has 0 saturated heterocycles. The highest BCUT2D eigenvalue weighted by Crippen LogP contribution is 2.24. The van der Waals surface area contributed by atoms with E-state index < -0.39 is 22.0 Å². The van der Waals surface area contributed by atoms with E-state index in [9.17, 15) is 13.2 Å². The second-order valence-electron chi connectivity index (χ2n) is 7.85.